The third kappa shape index (κ3) is 3.35. The zero-order valence-electron chi connectivity index (χ0n) is 12.7. The van der Waals surface area contributed by atoms with Crippen molar-refractivity contribution in [2.24, 2.45) is 5.73 Å². The van der Waals surface area contributed by atoms with Gasteiger partial charge in [-0.05, 0) is 32.0 Å². The normalized spacial score (nSPS) is 17.6. The Balaban J connectivity index is 2.08. The van der Waals surface area contributed by atoms with Crippen LogP contribution in [0.2, 0.25) is 0 Å². The van der Waals surface area contributed by atoms with Crippen LogP contribution in [-0.4, -0.2) is 37.6 Å². The van der Waals surface area contributed by atoms with E-state index >= 15 is 0 Å². The van der Waals surface area contributed by atoms with Gasteiger partial charge >= 0.3 is 6.18 Å². The van der Waals surface area contributed by atoms with E-state index in [2.05, 4.69) is 0 Å². The van der Waals surface area contributed by atoms with Crippen LogP contribution in [0.5, 0.6) is 0 Å². The third-order valence-corrected chi connectivity index (χ3v) is 4.41. The topological polar surface area (TPSA) is 50.8 Å². The summed E-state index contributed by atoms with van der Waals surface area (Å²) in [7, 11) is 0. The maximum Gasteiger partial charge on any atom is 0.416 e. The number of nitrogens with two attached hydrogens (primary N) is 1. The van der Waals surface area contributed by atoms with Gasteiger partial charge in [-0.2, -0.15) is 13.2 Å². The Labute approximate surface area is 127 Å². The largest absolute Gasteiger partial charge is 0.416 e. The van der Waals surface area contributed by atoms with Gasteiger partial charge in [-0.3, -0.25) is 4.79 Å². The molecule has 0 bridgehead atoms. The highest BCUT2D eigenvalue weighted by atomic mass is 19.4. The van der Waals surface area contributed by atoms with Gasteiger partial charge in [-0.25, -0.2) is 0 Å². The van der Waals surface area contributed by atoms with Crippen molar-refractivity contribution in [1.29, 1.82) is 0 Å². The number of rotatable bonds is 3. The highest BCUT2D eigenvalue weighted by Crippen LogP contribution is 2.31. The molecule has 2 rings (SSSR count). The average molecular weight is 316 g/mol. The summed E-state index contributed by atoms with van der Waals surface area (Å²) >= 11 is 0. The van der Waals surface area contributed by atoms with E-state index in [0.717, 1.165) is 11.0 Å². The van der Waals surface area contributed by atoms with E-state index in [1.165, 1.54) is 12.1 Å². The van der Waals surface area contributed by atoms with Crippen molar-refractivity contribution in [2.75, 3.05) is 31.1 Å². The van der Waals surface area contributed by atoms with Gasteiger partial charge in [-0.15, -0.1) is 0 Å². The lowest BCUT2D eigenvalue weighted by atomic mass is 10.0. The number of nitrogens with zero attached hydrogens (tertiary/aromatic N) is 1. The first-order valence-electron chi connectivity index (χ1n) is 7.19. The first kappa shape index (κ1) is 16.6. The van der Waals surface area contributed by atoms with Crippen LogP contribution in [0.4, 0.5) is 18.9 Å². The highest BCUT2D eigenvalue weighted by Gasteiger charge is 2.39. The zero-order chi connectivity index (χ0) is 16.5. The molecule has 1 aliphatic rings. The maximum absolute atomic E-state index is 12.8. The van der Waals surface area contributed by atoms with Crippen molar-refractivity contribution in [3.05, 3.63) is 29.8 Å². The molecule has 1 aromatic carbocycles. The van der Waals surface area contributed by atoms with E-state index < -0.39 is 17.3 Å². The number of piperazine rings is 1. The van der Waals surface area contributed by atoms with Gasteiger partial charge in [0, 0.05) is 5.69 Å². The third-order valence-electron chi connectivity index (χ3n) is 4.41. The molecule has 0 saturated carbocycles. The summed E-state index contributed by atoms with van der Waals surface area (Å²) in [6, 6.07) is 5.34. The fraction of sp³-hybridized carbons (Fsp3) is 0.533. The van der Waals surface area contributed by atoms with Gasteiger partial charge in [-0.1, -0.05) is 6.07 Å². The predicted molar refractivity (Wildman–Crippen MR) is 77.6 cm³/mol. The van der Waals surface area contributed by atoms with Gasteiger partial charge in [0.05, 0.1) is 31.7 Å². The Morgan fingerprint density at radius 2 is 1.82 bits per heavy atom. The van der Waals surface area contributed by atoms with Gasteiger partial charge in [0.25, 0.3) is 5.91 Å². The van der Waals surface area contributed by atoms with Gasteiger partial charge in [0.15, 0.2) is 5.54 Å². The number of nitrogens with one attached hydrogen (secondary N) is 1. The molecule has 0 atom stereocenters. The summed E-state index contributed by atoms with van der Waals surface area (Å²) in [6.45, 7) is 6.09. The molecule has 1 aliphatic heterocycles. The molecule has 0 radical (unpaired) electrons. The van der Waals surface area contributed by atoms with E-state index in [4.69, 9.17) is 5.73 Å². The quantitative estimate of drug-likeness (QED) is 0.861. The summed E-state index contributed by atoms with van der Waals surface area (Å²) in [4.78, 5) is 14.5. The van der Waals surface area contributed by atoms with Crippen LogP contribution >= 0.6 is 0 Å². The Kier molecular flexibility index (Phi) is 4.37. The van der Waals surface area contributed by atoms with Crippen molar-refractivity contribution in [2.45, 2.75) is 25.6 Å². The van der Waals surface area contributed by atoms with E-state index in [9.17, 15) is 18.0 Å². The van der Waals surface area contributed by atoms with E-state index in [1.54, 1.807) is 19.9 Å². The lowest BCUT2D eigenvalue weighted by molar-refractivity contribution is -0.938. The van der Waals surface area contributed by atoms with Crippen LogP contribution in [-0.2, 0) is 11.0 Å². The number of amides is 1. The molecule has 0 spiro atoms. The number of anilines is 1. The average Bonchev–Trinajstić information content (AvgIpc) is 2.46. The molecule has 4 nitrogen and oxygen atoms in total. The number of carbonyl (C=O) groups is 1. The van der Waals surface area contributed by atoms with Crippen molar-refractivity contribution < 1.29 is 22.9 Å². The molecule has 1 heterocycles. The fourth-order valence-corrected chi connectivity index (χ4v) is 2.71. The SMILES string of the molecule is CC(C)(C(N)=O)[NH+]1CCN(c2cccc(C(F)(F)F)c2)CC1. The highest BCUT2D eigenvalue weighted by molar-refractivity contribution is 5.82. The Hall–Kier alpha value is -1.76. The van der Waals surface area contributed by atoms with Crippen molar-refractivity contribution in [1.82, 2.24) is 0 Å². The number of quaternary nitrogens is 1. The van der Waals surface area contributed by atoms with E-state index in [1.807, 2.05) is 4.90 Å². The van der Waals surface area contributed by atoms with Crippen molar-refractivity contribution >= 4 is 11.6 Å². The number of hydrogen-bond donors (Lipinski definition) is 2. The maximum atomic E-state index is 12.8. The minimum atomic E-state index is -4.34. The van der Waals surface area contributed by atoms with Crippen LogP contribution in [0.15, 0.2) is 24.3 Å². The van der Waals surface area contributed by atoms with Crippen molar-refractivity contribution in [3.63, 3.8) is 0 Å². The molecule has 1 fully saturated rings. The van der Waals surface area contributed by atoms with Gasteiger partial charge in [0.2, 0.25) is 0 Å². The minimum absolute atomic E-state index is 0.366. The van der Waals surface area contributed by atoms with Crippen LogP contribution in [0, 0.1) is 0 Å². The number of carbonyl (C=O) groups excluding carboxylic acids is 1. The first-order valence-corrected chi connectivity index (χ1v) is 7.19. The first-order chi connectivity index (χ1) is 10.1. The predicted octanol–water partition coefficient (Wildman–Crippen LogP) is 0.674. The molecular formula is C15H21F3N3O+. The Bertz CT molecular complexity index is 549. The van der Waals surface area contributed by atoms with Crippen LogP contribution in [0.3, 0.4) is 0 Å². The molecule has 3 N–H and O–H groups in total. The standard InChI is InChI=1S/C15H20F3N3O/c1-14(2,13(19)22)21-8-6-20(7-9-21)12-5-3-4-11(10-12)15(16,17)18/h3-5,10H,6-9H2,1-2H3,(H2,19,22)/p+1. The van der Waals surface area contributed by atoms with Gasteiger partial charge < -0.3 is 15.5 Å². The van der Waals surface area contributed by atoms with Crippen LogP contribution in [0.25, 0.3) is 0 Å². The Morgan fingerprint density at radius 1 is 1.23 bits per heavy atom. The Morgan fingerprint density at radius 3 is 2.32 bits per heavy atom. The molecule has 0 unspecified atom stereocenters. The summed E-state index contributed by atoms with van der Waals surface area (Å²) < 4.78 is 38.3. The second-order valence-corrected chi connectivity index (χ2v) is 6.13. The van der Waals surface area contributed by atoms with Crippen LogP contribution < -0.4 is 15.5 Å². The van der Waals surface area contributed by atoms with Gasteiger partial charge in [0.1, 0.15) is 0 Å². The molecule has 1 amide bonds. The molecule has 1 aromatic rings. The summed E-state index contributed by atoms with van der Waals surface area (Å²) in [5.74, 6) is -0.366. The molecule has 0 aromatic heterocycles. The van der Waals surface area contributed by atoms with E-state index in [0.29, 0.717) is 31.9 Å². The molecular weight excluding hydrogens is 295 g/mol. The molecule has 0 aliphatic carbocycles. The number of benzene rings is 1. The molecule has 22 heavy (non-hydrogen) atoms. The lowest BCUT2D eigenvalue weighted by Gasteiger charge is -2.40. The number of alkyl halides is 3. The second kappa shape index (κ2) is 5.79. The second-order valence-electron chi connectivity index (χ2n) is 6.13. The molecule has 1 saturated heterocycles. The fourth-order valence-electron chi connectivity index (χ4n) is 2.71. The molecule has 122 valence electrons. The summed E-state index contributed by atoms with van der Waals surface area (Å²) in [5.41, 5.74) is 4.67. The molecule has 7 heteroatoms. The zero-order valence-corrected chi connectivity index (χ0v) is 12.7. The van der Waals surface area contributed by atoms with E-state index in [-0.39, 0.29) is 5.91 Å². The minimum Gasteiger partial charge on any atom is -0.364 e. The summed E-state index contributed by atoms with van der Waals surface area (Å²) in [5, 5.41) is 0. The number of halogens is 3. The van der Waals surface area contributed by atoms with Crippen LogP contribution in [0.1, 0.15) is 19.4 Å². The number of primary amides is 1. The monoisotopic (exact) mass is 316 g/mol. The number of hydrogen-bond acceptors (Lipinski definition) is 2. The van der Waals surface area contributed by atoms with Crippen molar-refractivity contribution in [3.8, 4) is 0 Å². The smallest absolute Gasteiger partial charge is 0.364 e. The lowest BCUT2D eigenvalue weighted by Crippen LogP contribution is -3.23. The summed E-state index contributed by atoms with van der Waals surface area (Å²) in [6.07, 6.45) is -4.34.